The average Bonchev–Trinajstić information content (AvgIpc) is 2.07. The van der Waals surface area contributed by atoms with Crippen LogP contribution in [0.3, 0.4) is 0 Å². The van der Waals surface area contributed by atoms with Crippen molar-refractivity contribution < 1.29 is 17.9 Å². The smallest absolute Gasteiger partial charge is 0.272 e. The quantitative estimate of drug-likeness (QED) is 0.788. The van der Waals surface area contributed by atoms with E-state index >= 15 is 0 Å². The molecule has 0 atom stereocenters. The maximum absolute atomic E-state index is 12.6. The van der Waals surface area contributed by atoms with Gasteiger partial charge in [0.05, 0.1) is 6.20 Å². The molecule has 0 amide bonds. The van der Waals surface area contributed by atoms with Gasteiger partial charge in [0.2, 0.25) is 0 Å². The summed E-state index contributed by atoms with van der Waals surface area (Å²) in [5, 5.41) is 0. The maximum atomic E-state index is 12.6. The Hall–Kier alpha value is -1.46. The Morgan fingerprint density at radius 1 is 1.54 bits per heavy atom. The van der Waals surface area contributed by atoms with E-state index in [1.54, 1.807) is 0 Å². The summed E-state index contributed by atoms with van der Waals surface area (Å²) in [4.78, 5) is 3.39. The lowest BCUT2D eigenvalue weighted by Gasteiger charge is -2.04. The van der Waals surface area contributed by atoms with Gasteiger partial charge in [0.15, 0.2) is 11.6 Å². The van der Waals surface area contributed by atoms with Crippen molar-refractivity contribution in [1.29, 1.82) is 0 Å². The Morgan fingerprint density at radius 2 is 2.23 bits per heavy atom. The standard InChI is InChI=1S/C7H7F3N2O/c8-5-1-4(2-12-7(5)11)13-3-6(9)10/h1-2,6H,3H2,(H2,11,12). The third-order valence-electron chi connectivity index (χ3n) is 1.22. The number of hydrogen-bond donors (Lipinski definition) is 1. The van der Waals surface area contributed by atoms with Crippen LogP contribution in [-0.2, 0) is 0 Å². The summed E-state index contributed by atoms with van der Waals surface area (Å²) >= 11 is 0. The Balaban J connectivity index is 2.63. The van der Waals surface area contributed by atoms with Crippen molar-refractivity contribution >= 4 is 5.82 Å². The molecule has 0 spiro atoms. The predicted molar refractivity (Wildman–Crippen MR) is 40.1 cm³/mol. The molecule has 0 bridgehead atoms. The zero-order valence-electron chi connectivity index (χ0n) is 6.51. The summed E-state index contributed by atoms with van der Waals surface area (Å²) < 4.78 is 40.4. The fraction of sp³-hybridized carbons (Fsp3) is 0.286. The maximum Gasteiger partial charge on any atom is 0.272 e. The molecule has 1 aromatic rings. The lowest BCUT2D eigenvalue weighted by Crippen LogP contribution is -2.07. The van der Waals surface area contributed by atoms with Crippen LogP contribution in [0.5, 0.6) is 5.75 Å². The summed E-state index contributed by atoms with van der Waals surface area (Å²) in [5.74, 6) is -1.14. The second kappa shape index (κ2) is 3.97. The van der Waals surface area contributed by atoms with Crippen molar-refractivity contribution in [2.75, 3.05) is 12.3 Å². The van der Waals surface area contributed by atoms with E-state index in [4.69, 9.17) is 5.73 Å². The number of anilines is 1. The van der Waals surface area contributed by atoms with Gasteiger partial charge in [-0.3, -0.25) is 0 Å². The topological polar surface area (TPSA) is 48.1 Å². The van der Waals surface area contributed by atoms with Crippen LogP contribution >= 0.6 is 0 Å². The van der Waals surface area contributed by atoms with E-state index < -0.39 is 18.8 Å². The lowest BCUT2D eigenvalue weighted by atomic mass is 10.4. The number of pyridine rings is 1. The van der Waals surface area contributed by atoms with Gasteiger partial charge >= 0.3 is 0 Å². The molecule has 0 aliphatic rings. The molecule has 0 aromatic carbocycles. The second-order valence-electron chi connectivity index (χ2n) is 2.24. The molecule has 1 heterocycles. The van der Waals surface area contributed by atoms with Crippen molar-refractivity contribution in [2.24, 2.45) is 0 Å². The van der Waals surface area contributed by atoms with E-state index in [1.165, 1.54) is 0 Å². The van der Waals surface area contributed by atoms with E-state index in [2.05, 4.69) is 9.72 Å². The van der Waals surface area contributed by atoms with Crippen LogP contribution in [0.1, 0.15) is 0 Å². The minimum Gasteiger partial charge on any atom is -0.486 e. The SMILES string of the molecule is Nc1ncc(OCC(F)F)cc1F. The lowest BCUT2D eigenvalue weighted by molar-refractivity contribution is 0.0815. The molecule has 72 valence electrons. The Bertz CT molecular complexity index is 293. The summed E-state index contributed by atoms with van der Waals surface area (Å²) in [5.41, 5.74) is 5.05. The molecule has 0 fully saturated rings. The number of halogens is 3. The number of ether oxygens (including phenoxy) is 1. The Kier molecular flexibility index (Phi) is 2.94. The fourth-order valence-electron chi connectivity index (χ4n) is 0.669. The van der Waals surface area contributed by atoms with Gasteiger partial charge < -0.3 is 10.5 Å². The van der Waals surface area contributed by atoms with Crippen LogP contribution in [0.2, 0.25) is 0 Å². The predicted octanol–water partition coefficient (Wildman–Crippen LogP) is 1.45. The van der Waals surface area contributed by atoms with Crippen LogP contribution in [-0.4, -0.2) is 18.0 Å². The number of alkyl halides is 2. The molecule has 6 heteroatoms. The van der Waals surface area contributed by atoms with Crippen molar-refractivity contribution in [2.45, 2.75) is 6.43 Å². The van der Waals surface area contributed by atoms with Gasteiger partial charge in [0.1, 0.15) is 12.4 Å². The zero-order valence-corrected chi connectivity index (χ0v) is 6.51. The van der Waals surface area contributed by atoms with Crippen LogP contribution in [0, 0.1) is 5.82 Å². The largest absolute Gasteiger partial charge is 0.486 e. The summed E-state index contributed by atoms with van der Waals surface area (Å²) in [6.07, 6.45) is -1.51. The van der Waals surface area contributed by atoms with E-state index in [0.717, 1.165) is 12.3 Å². The number of aromatic nitrogens is 1. The van der Waals surface area contributed by atoms with Gasteiger partial charge in [-0.25, -0.2) is 18.2 Å². The Morgan fingerprint density at radius 3 is 2.77 bits per heavy atom. The Labute approximate surface area is 72.3 Å². The van der Waals surface area contributed by atoms with Crippen molar-refractivity contribution in [3.63, 3.8) is 0 Å². The fourth-order valence-corrected chi connectivity index (χ4v) is 0.669. The van der Waals surface area contributed by atoms with Gasteiger partial charge in [0, 0.05) is 6.07 Å². The van der Waals surface area contributed by atoms with Crippen molar-refractivity contribution in [1.82, 2.24) is 4.98 Å². The minimum absolute atomic E-state index is 0.0630. The van der Waals surface area contributed by atoms with E-state index in [9.17, 15) is 13.2 Å². The molecule has 1 rings (SSSR count). The number of nitrogens with two attached hydrogens (primary N) is 1. The highest BCUT2D eigenvalue weighted by Crippen LogP contribution is 2.15. The zero-order chi connectivity index (χ0) is 9.84. The summed E-state index contributed by atoms with van der Waals surface area (Å²) in [7, 11) is 0. The minimum atomic E-state index is -2.60. The number of rotatable bonds is 3. The molecule has 2 N–H and O–H groups in total. The van der Waals surface area contributed by atoms with E-state index in [0.29, 0.717) is 0 Å². The van der Waals surface area contributed by atoms with Gasteiger partial charge in [-0.05, 0) is 0 Å². The molecule has 1 aromatic heterocycles. The highest BCUT2D eigenvalue weighted by molar-refractivity contribution is 5.34. The van der Waals surface area contributed by atoms with Crippen LogP contribution in [0.15, 0.2) is 12.3 Å². The van der Waals surface area contributed by atoms with E-state index in [-0.39, 0.29) is 11.6 Å². The van der Waals surface area contributed by atoms with Crippen LogP contribution in [0.4, 0.5) is 19.0 Å². The van der Waals surface area contributed by atoms with Crippen molar-refractivity contribution in [3.05, 3.63) is 18.1 Å². The van der Waals surface area contributed by atoms with Crippen LogP contribution in [0.25, 0.3) is 0 Å². The highest BCUT2D eigenvalue weighted by Gasteiger charge is 2.06. The number of hydrogen-bond acceptors (Lipinski definition) is 3. The first-order valence-corrected chi connectivity index (χ1v) is 3.41. The first-order valence-electron chi connectivity index (χ1n) is 3.41. The average molecular weight is 192 g/mol. The molecule has 0 saturated carbocycles. The third kappa shape index (κ3) is 2.81. The molecule has 0 unspecified atom stereocenters. The van der Waals surface area contributed by atoms with Gasteiger partial charge in [-0.1, -0.05) is 0 Å². The summed E-state index contributed by atoms with van der Waals surface area (Å²) in [6.45, 7) is -0.787. The highest BCUT2D eigenvalue weighted by atomic mass is 19.3. The molecule has 0 saturated heterocycles. The summed E-state index contributed by atoms with van der Waals surface area (Å²) in [6, 6.07) is 0.907. The molecule has 0 aliphatic heterocycles. The van der Waals surface area contributed by atoms with Gasteiger partial charge in [0.25, 0.3) is 6.43 Å². The normalized spacial score (nSPS) is 10.5. The third-order valence-corrected chi connectivity index (χ3v) is 1.22. The molecule has 0 aliphatic carbocycles. The molecular formula is C7H7F3N2O. The van der Waals surface area contributed by atoms with Crippen LogP contribution < -0.4 is 10.5 Å². The van der Waals surface area contributed by atoms with E-state index in [1.807, 2.05) is 0 Å². The first-order chi connectivity index (χ1) is 6.09. The molecule has 0 radical (unpaired) electrons. The molecular weight excluding hydrogens is 185 g/mol. The van der Waals surface area contributed by atoms with Crippen molar-refractivity contribution in [3.8, 4) is 5.75 Å². The monoisotopic (exact) mass is 192 g/mol. The van der Waals surface area contributed by atoms with Gasteiger partial charge in [-0.2, -0.15) is 0 Å². The molecule has 13 heavy (non-hydrogen) atoms. The number of nitrogen functional groups attached to an aromatic ring is 1. The van der Waals surface area contributed by atoms with Gasteiger partial charge in [-0.15, -0.1) is 0 Å². The number of nitrogens with zero attached hydrogens (tertiary/aromatic N) is 1. The first kappa shape index (κ1) is 9.63. The second-order valence-corrected chi connectivity index (χ2v) is 2.24. The molecule has 3 nitrogen and oxygen atoms in total.